The van der Waals surface area contributed by atoms with Gasteiger partial charge in [-0.15, -0.1) is 0 Å². The summed E-state index contributed by atoms with van der Waals surface area (Å²) in [5.74, 6) is 0.811. The fourth-order valence-corrected chi connectivity index (χ4v) is 4.10. The number of amides is 1. The van der Waals surface area contributed by atoms with Gasteiger partial charge >= 0.3 is 0 Å². The predicted octanol–water partition coefficient (Wildman–Crippen LogP) is 2.75. The molecule has 2 aromatic carbocycles. The van der Waals surface area contributed by atoms with Crippen molar-refractivity contribution in [2.45, 2.75) is 37.0 Å². The first-order valence-corrected chi connectivity index (χ1v) is 10.9. The standard InChI is InChI=1S/C21H26N2O3S/c22-27(25,26)20-9-6-17(7-10-20)8-11-21(24)23-14-12-19(13-15-23)16-18-4-2-1-3-5-18/h1-7,9-10,19H,8,11-16H2,(H2,22,25,26). The van der Waals surface area contributed by atoms with Crippen molar-refractivity contribution in [3.63, 3.8) is 0 Å². The zero-order chi connectivity index (χ0) is 19.3. The number of nitrogens with zero attached hydrogens (tertiary/aromatic N) is 1. The molecule has 0 aromatic heterocycles. The zero-order valence-electron chi connectivity index (χ0n) is 15.4. The third-order valence-corrected chi connectivity index (χ3v) is 6.14. The summed E-state index contributed by atoms with van der Waals surface area (Å²) in [6, 6.07) is 16.9. The summed E-state index contributed by atoms with van der Waals surface area (Å²) < 4.78 is 22.6. The van der Waals surface area contributed by atoms with Crippen molar-refractivity contribution in [3.05, 3.63) is 65.7 Å². The van der Waals surface area contributed by atoms with Crippen molar-refractivity contribution in [1.82, 2.24) is 4.90 Å². The minimum Gasteiger partial charge on any atom is -0.343 e. The monoisotopic (exact) mass is 386 g/mol. The van der Waals surface area contributed by atoms with Gasteiger partial charge in [0.2, 0.25) is 15.9 Å². The molecule has 3 rings (SSSR count). The van der Waals surface area contributed by atoms with Gasteiger partial charge in [-0.05, 0) is 54.9 Å². The van der Waals surface area contributed by atoms with Crippen LogP contribution in [0.5, 0.6) is 0 Å². The third kappa shape index (κ3) is 5.65. The molecule has 1 aliphatic heterocycles. The van der Waals surface area contributed by atoms with Gasteiger partial charge in [-0.2, -0.15) is 0 Å². The van der Waals surface area contributed by atoms with E-state index in [1.165, 1.54) is 17.7 Å². The molecule has 1 amide bonds. The molecular formula is C21H26N2O3S. The van der Waals surface area contributed by atoms with E-state index in [-0.39, 0.29) is 10.8 Å². The maximum absolute atomic E-state index is 12.5. The van der Waals surface area contributed by atoms with Crippen LogP contribution >= 0.6 is 0 Å². The largest absolute Gasteiger partial charge is 0.343 e. The van der Waals surface area contributed by atoms with Crippen molar-refractivity contribution in [2.75, 3.05) is 13.1 Å². The number of piperidine rings is 1. The van der Waals surface area contributed by atoms with Crippen LogP contribution in [0.4, 0.5) is 0 Å². The molecule has 0 bridgehead atoms. The molecule has 0 aliphatic carbocycles. The van der Waals surface area contributed by atoms with Crippen LogP contribution in [0.15, 0.2) is 59.5 Å². The first-order valence-electron chi connectivity index (χ1n) is 9.35. The Morgan fingerprint density at radius 3 is 2.19 bits per heavy atom. The summed E-state index contributed by atoms with van der Waals surface area (Å²) in [6.45, 7) is 1.64. The summed E-state index contributed by atoms with van der Waals surface area (Å²) in [6.07, 6.45) is 4.22. The molecule has 0 spiro atoms. The van der Waals surface area contributed by atoms with Crippen LogP contribution in [0.3, 0.4) is 0 Å². The molecule has 144 valence electrons. The molecule has 1 heterocycles. The van der Waals surface area contributed by atoms with E-state index in [0.717, 1.165) is 37.9 Å². The van der Waals surface area contributed by atoms with E-state index < -0.39 is 10.0 Å². The molecular weight excluding hydrogens is 360 g/mol. The highest BCUT2D eigenvalue weighted by molar-refractivity contribution is 7.89. The first-order chi connectivity index (χ1) is 12.9. The van der Waals surface area contributed by atoms with Crippen LogP contribution < -0.4 is 5.14 Å². The van der Waals surface area contributed by atoms with Crippen LogP contribution in [-0.4, -0.2) is 32.3 Å². The Bertz CT molecular complexity index is 856. The van der Waals surface area contributed by atoms with E-state index in [1.54, 1.807) is 12.1 Å². The summed E-state index contributed by atoms with van der Waals surface area (Å²) in [5, 5.41) is 5.10. The topological polar surface area (TPSA) is 80.5 Å². The summed E-state index contributed by atoms with van der Waals surface area (Å²) in [7, 11) is -3.67. The Balaban J connectivity index is 1.44. The number of hydrogen-bond acceptors (Lipinski definition) is 3. The van der Waals surface area contributed by atoms with Gasteiger partial charge in [-0.1, -0.05) is 42.5 Å². The van der Waals surface area contributed by atoms with Gasteiger partial charge in [0.15, 0.2) is 0 Å². The van der Waals surface area contributed by atoms with Crippen LogP contribution in [-0.2, 0) is 27.7 Å². The fraction of sp³-hybridized carbons (Fsp3) is 0.381. The van der Waals surface area contributed by atoms with Crippen molar-refractivity contribution in [1.29, 1.82) is 0 Å². The molecule has 1 saturated heterocycles. The van der Waals surface area contributed by atoms with E-state index in [0.29, 0.717) is 18.8 Å². The minimum atomic E-state index is -3.67. The van der Waals surface area contributed by atoms with Gasteiger partial charge < -0.3 is 4.90 Å². The van der Waals surface area contributed by atoms with Crippen molar-refractivity contribution >= 4 is 15.9 Å². The molecule has 1 aliphatic rings. The lowest BCUT2D eigenvalue weighted by molar-refractivity contribution is -0.132. The summed E-state index contributed by atoms with van der Waals surface area (Å²) in [5.41, 5.74) is 2.31. The van der Waals surface area contributed by atoms with E-state index >= 15 is 0 Å². The molecule has 27 heavy (non-hydrogen) atoms. The van der Waals surface area contributed by atoms with Crippen molar-refractivity contribution in [3.8, 4) is 0 Å². The average Bonchev–Trinajstić information content (AvgIpc) is 2.67. The Hall–Kier alpha value is -2.18. The number of hydrogen-bond donors (Lipinski definition) is 1. The number of likely N-dealkylation sites (tertiary alicyclic amines) is 1. The quantitative estimate of drug-likeness (QED) is 0.829. The zero-order valence-corrected chi connectivity index (χ0v) is 16.2. The minimum absolute atomic E-state index is 0.0954. The van der Waals surface area contributed by atoms with Gasteiger partial charge in [0.05, 0.1) is 4.90 Å². The highest BCUT2D eigenvalue weighted by Gasteiger charge is 2.22. The molecule has 6 heteroatoms. The van der Waals surface area contributed by atoms with Gasteiger partial charge in [0.25, 0.3) is 0 Å². The van der Waals surface area contributed by atoms with E-state index in [9.17, 15) is 13.2 Å². The van der Waals surface area contributed by atoms with Gasteiger partial charge in [-0.25, -0.2) is 13.6 Å². The van der Waals surface area contributed by atoms with Crippen molar-refractivity contribution in [2.24, 2.45) is 11.1 Å². The Labute approximate surface area is 161 Å². The molecule has 2 aromatic rings. The fourth-order valence-electron chi connectivity index (χ4n) is 3.59. The maximum Gasteiger partial charge on any atom is 0.238 e. The number of aryl methyl sites for hydroxylation is 1. The second-order valence-electron chi connectivity index (χ2n) is 7.20. The Morgan fingerprint density at radius 1 is 0.963 bits per heavy atom. The normalized spacial score (nSPS) is 15.7. The van der Waals surface area contributed by atoms with Crippen LogP contribution in [0.1, 0.15) is 30.4 Å². The van der Waals surface area contributed by atoms with Gasteiger partial charge in [0.1, 0.15) is 0 Å². The molecule has 1 fully saturated rings. The molecule has 0 unspecified atom stereocenters. The second-order valence-corrected chi connectivity index (χ2v) is 8.76. The van der Waals surface area contributed by atoms with Crippen LogP contribution in [0.2, 0.25) is 0 Å². The van der Waals surface area contributed by atoms with Gasteiger partial charge in [-0.3, -0.25) is 4.79 Å². The Morgan fingerprint density at radius 2 is 1.59 bits per heavy atom. The van der Waals surface area contributed by atoms with E-state index in [2.05, 4.69) is 24.3 Å². The molecule has 0 radical (unpaired) electrons. The third-order valence-electron chi connectivity index (χ3n) is 5.21. The van der Waals surface area contributed by atoms with Crippen LogP contribution in [0, 0.1) is 5.92 Å². The summed E-state index contributed by atoms with van der Waals surface area (Å²) in [4.78, 5) is 14.5. The highest BCUT2D eigenvalue weighted by atomic mass is 32.2. The number of nitrogens with two attached hydrogens (primary N) is 1. The number of carbonyl (C=O) groups excluding carboxylic acids is 1. The van der Waals surface area contributed by atoms with Crippen molar-refractivity contribution < 1.29 is 13.2 Å². The van der Waals surface area contributed by atoms with E-state index in [4.69, 9.17) is 5.14 Å². The predicted molar refractivity (Wildman–Crippen MR) is 106 cm³/mol. The lowest BCUT2D eigenvalue weighted by Gasteiger charge is -2.32. The molecule has 2 N–H and O–H groups in total. The number of benzene rings is 2. The SMILES string of the molecule is NS(=O)(=O)c1ccc(CCC(=O)N2CCC(Cc3ccccc3)CC2)cc1. The van der Waals surface area contributed by atoms with Gasteiger partial charge in [0, 0.05) is 19.5 Å². The average molecular weight is 387 g/mol. The Kier molecular flexibility index (Phi) is 6.29. The highest BCUT2D eigenvalue weighted by Crippen LogP contribution is 2.22. The van der Waals surface area contributed by atoms with E-state index in [1.807, 2.05) is 11.0 Å². The second kappa shape index (κ2) is 8.67. The maximum atomic E-state index is 12.5. The molecule has 0 atom stereocenters. The van der Waals surface area contributed by atoms with Crippen LogP contribution in [0.25, 0.3) is 0 Å². The summed E-state index contributed by atoms with van der Waals surface area (Å²) >= 11 is 0. The first kappa shape index (κ1) is 19.6. The number of sulfonamides is 1. The smallest absolute Gasteiger partial charge is 0.238 e. The molecule has 0 saturated carbocycles. The molecule has 5 nitrogen and oxygen atoms in total. The lowest BCUT2D eigenvalue weighted by Crippen LogP contribution is -2.39. The number of primary sulfonamides is 1. The number of rotatable bonds is 6. The lowest BCUT2D eigenvalue weighted by atomic mass is 9.90. The number of carbonyl (C=O) groups is 1.